The summed E-state index contributed by atoms with van der Waals surface area (Å²) < 4.78 is 19.8. The fraction of sp³-hybridized carbons (Fsp3) is 0.115. The number of thioether (sulfide) groups is 1. The molecule has 0 unspecified atom stereocenters. The summed E-state index contributed by atoms with van der Waals surface area (Å²) in [6.07, 6.45) is 1.81. The Labute approximate surface area is 209 Å². The van der Waals surface area contributed by atoms with Crippen LogP contribution >= 0.6 is 27.7 Å². The molecule has 0 spiro atoms. The van der Waals surface area contributed by atoms with E-state index >= 15 is 0 Å². The summed E-state index contributed by atoms with van der Waals surface area (Å²) in [6, 6.07) is 20.9. The highest BCUT2D eigenvalue weighted by molar-refractivity contribution is 9.10. The predicted octanol–water partition coefficient (Wildman–Crippen LogP) is 6.66. The lowest BCUT2D eigenvalue weighted by atomic mass is 10.1. The number of amides is 1. The van der Waals surface area contributed by atoms with E-state index in [2.05, 4.69) is 27.0 Å². The summed E-state index contributed by atoms with van der Waals surface area (Å²) >= 11 is 4.82. The van der Waals surface area contributed by atoms with Gasteiger partial charge in [-0.3, -0.25) is 9.69 Å². The van der Waals surface area contributed by atoms with Gasteiger partial charge in [-0.15, -0.1) is 0 Å². The second-order valence-corrected chi connectivity index (χ2v) is 9.14. The van der Waals surface area contributed by atoms with Crippen LogP contribution in [-0.4, -0.2) is 22.5 Å². The summed E-state index contributed by atoms with van der Waals surface area (Å²) in [5.41, 5.74) is 2.80. The van der Waals surface area contributed by atoms with Gasteiger partial charge in [0, 0.05) is 12.1 Å². The standard InChI is InChI=1S/C26H19BrFN3O2S/c1-2-31-25(32)24(34-26(31)30-21-10-8-20(28)9-11-21)14-17-7-12-23(22(27)13-17)33-16-19-6-4-3-5-18(19)15-29/h3-14H,2,16H2,1H3/b24-14+,30-26?. The van der Waals surface area contributed by atoms with E-state index in [1.54, 1.807) is 23.1 Å². The average molecular weight is 536 g/mol. The minimum Gasteiger partial charge on any atom is -0.488 e. The van der Waals surface area contributed by atoms with Gasteiger partial charge in [0.1, 0.15) is 18.2 Å². The highest BCUT2D eigenvalue weighted by Crippen LogP contribution is 2.35. The van der Waals surface area contributed by atoms with Gasteiger partial charge in [-0.2, -0.15) is 5.26 Å². The fourth-order valence-corrected chi connectivity index (χ4v) is 4.86. The summed E-state index contributed by atoms with van der Waals surface area (Å²) in [4.78, 5) is 19.6. The zero-order valence-electron chi connectivity index (χ0n) is 18.2. The lowest BCUT2D eigenvalue weighted by Gasteiger charge is -2.12. The number of nitriles is 1. The molecule has 1 heterocycles. The number of aliphatic imine (C=N–C) groups is 1. The number of rotatable bonds is 6. The third kappa shape index (κ3) is 5.38. The minimum absolute atomic E-state index is 0.127. The van der Waals surface area contributed by atoms with Gasteiger partial charge in [0.15, 0.2) is 5.17 Å². The van der Waals surface area contributed by atoms with E-state index in [1.165, 1.54) is 23.9 Å². The summed E-state index contributed by atoms with van der Waals surface area (Å²) in [7, 11) is 0. The molecule has 1 saturated heterocycles. The minimum atomic E-state index is -0.334. The smallest absolute Gasteiger partial charge is 0.266 e. The van der Waals surface area contributed by atoms with Gasteiger partial charge in [0.05, 0.1) is 26.7 Å². The third-order valence-electron chi connectivity index (χ3n) is 5.03. The Morgan fingerprint density at radius 3 is 2.65 bits per heavy atom. The lowest BCUT2D eigenvalue weighted by molar-refractivity contribution is -0.122. The molecule has 0 saturated carbocycles. The fourth-order valence-electron chi connectivity index (χ4n) is 3.28. The zero-order valence-corrected chi connectivity index (χ0v) is 20.6. The average Bonchev–Trinajstić information content (AvgIpc) is 3.13. The van der Waals surface area contributed by atoms with Crippen LogP contribution in [0.4, 0.5) is 10.1 Å². The van der Waals surface area contributed by atoms with Gasteiger partial charge >= 0.3 is 0 Å². The maximum Gasteiger partial charge on any atom is 0.266 e. The lowest BCUT2D eigenvalue weighted by Crippen LogP contribution is -2.28. The van der Waals surface area contributed by atoms with E-state index in [0.29, 0.717) is 33.6 Å². The predicted molar refractivity (Wildman–Crippen MR) is 136 cm³/mol. The van der Waals surface area contributed by atoms with Crippen molar-refractivity contribution in [2.45, 2.75) is 13.5 Å². The van der Waals surface area contributed by atoms with Crippen molar-refractivity contribution in [1.82, 2.24) is 4.90 Å². The van der Waals surface area contributed by atoms with Crippen LogP contribution in [-0.2, 0) is 11.4 Å². The molecule has 0 aliphatic carbocycles. The normalized spacial score (nSPS) is 15.7. The Morgan fingerprint density at radius 2 is 1.94 bits per heavy atom. The van der Waals surface area contributed by atoms with Crippen molar-refractivity contribution in [3.05, 3.63) is 98.6 Å². The molecule has 0 aromatic heterocycles. The molecule has 1 amide bonds. The number of nitrogens with zero attached hydrogens (tertiary/aromatic N) is 3. The van der Waals surface area contributed by atoms with Crippen molar-refractivity contribution in [3.8, 4) is 11.8 Å². The van der Waals surface area contributed by atoms with Gasteiger partial charge < -0.3 is 4.74 Å². The van der Waals surface area contributed by atoms with Crippen LogP contribution in [0.25, 0.3) is 6.08 Å². The number of benzene rings is 3. The highest BCUT2D eigenvalue weighted by Gasteiger charge is 2.32. The molecule has 4 rings (SSSR count). The molecule has 0 atom stereocenters. The molecule has 1 aliphatic rings. The first-order valence-electron chi connectivity index (χ1n) is 10.4. The monoisotopic (exact) mass is 535 g/mol. The molecule has 3 aromatic rings. The number of hydrogen-bond acceptors (Lipinski definition) is 5. The van der Waals surface area contributed by atoms with Crippen LogP contribution < -0.4 is 4.74 Å². The number of likely N-dealkylation sites (N-methyl/N-ethyl adjacent to an activating group) is 1. The van der Waals surface area contributed by atoms with E-state index in [0.717, 1.165) is 15.6 Å². The topological polar surface area (TPSA) is 65.7 Å². The van der Waals surface area contributed by atoms with Crippen molar-refractivity contribution in [2.24, 2.45) is 4.99 Å². The molecule has 3 aromatic carbocycles. The molecular weight excluding hydrogens is 517 g/mol. The molecule has 34 heavy (non-hydrogen) atoms. The maximum absolute atomic E-state index is 13.2. The van der Waals surface area contributed by atoms with Crippen LogP contribution in [0.5, 0.6) is 5.75 Å². The molecule has 5 nitrogen and oxygen atoms in total. The number of carbonyl (C=O) groups excluding carboxylic acids is 1. The van der Waals surface area contributed by atoms with E-state index in [-0.39, 0.29) is 18.3 Å². The first-order valence-corrected chi connectivity index (χ1v) is 12.1. The molecule has 170 valence electrons. The Balaban J connectivity index is 1.52. The van der Waals surface area contributed by atoms with E-state index in [4.69, 9.17) is 4.74 Å². The quantitative estimate of drug-likeness (QED) is 0.331. The number of amidine groups is 1. The van der Waals surface area contributed by atoms with E-state index < -0.39 is 0 Å². The van der Waals surface area contributed by atoms with Crippen LogP contribution in [0.3, 0.4) is 0 Å². The van der Waals surface area contributed by atoms with Gasteiger partial charge in [-0.1, -0.05) is 24.3 Å². The Hall–Kier alpha value is -3.41. The summed E-state index contributed by atoms with van der Waals surface area (Å²) in [6.45, 7) is 2.63. The van der Waals surface area contributed by atoms with Crippen molar-refractivity contribution >= 4 is 50.5 Å². The van der Waals surface area contributed by atoms with Crippen LogP contribution in [0.1, 0.15) is 23.6 Å². The van der Waals surface area contributed by atoms with Crippen LogP contribution in [0, 0.1) is 17.1 Å². The maximum atomic E-state index is 13.2. The summed E-state index contributed by atoms with van der Waals surface area (Å²) in [5, 5.41) is 9.79. The molecule has 0 radical (unpaired) electrons. The van der Waals surface area contributed by atoms with Crippen molar-refractivity contribution in [3.63, 3.8) is 0 Å². The number of carbonyl (C=O) groups is 1. The number of hydrogen-bond donors (Lipinski definition) is 0. The molecule has 1 fully saturated rings. The molecule has 0 N–H and O–H groups in total. The van der Waals surface area contributed by atoms with E-state index in [9.17, 15) is 14.4 Å². The van der Waals surface area contributed by atoms with Crippen LogP contribution in [0.15, 0.2) is 81.1 Å². The number of halogens is 2. The SMILES string of the molecule is CCN1C(=O)/C(=C\c2ccc(OCc3ccccc3C#N)c(Br)c2)SC1=Nc1ccc(F)cc1. The van der Waals surface area contributed by atoms with Gasteiger partial charge in [-0.25, -0.2) is 9.38 Å². The van der Waals surface area contributed by atoms with E-state index in [1.807, 2.05) is 49.4 Å². The Bertz CT molecular complexity index is 1330. The van der Waals surface area contributed by atoms with Crippen LogP contribution in [0.2, 0.25) is 0 Å². The Morgan fingerprint density at radius 1 is 1.18 bits per heavy atom. The van der Waals surface area contributed by atoms with Crippen molar-refractivity contribution in [1.29, 1.82) is 5.26 Å². The second kappa shape index (κ2) is 10.7. The van der Waals surface area contributed by atoms with Crippen molar-refractivity contribution in [2.75, 3.05) is 6.54 Å². The molecule has 1 aliphatic heterocycles. The Kier molecular flexibility index (Phi) is 7.46. The van der Waals surface area contributed by atoms with Gasteiger partial charge in [0.2, 0.25) is 0 Å². The first kappa shape index (κ1) is 23.7. The first-order chi connectivity index (χ1) is 16.5. The van der Waals surface area contributed by atoms with Gasteiger partial charge in [0.25, 0.3) is 5.91 Å². The highest BCUT2D eigenvalue weighted by atomic mass is 79.9. The summed E-state index contributed by atoms with van der Waals surface area (Å²) in [5.74, 6) is 0.172. The second-order valence-electron chi connectivity index (χ2n) is 7.28. The number of ether oxygens (including phenoxy) is 1. The molecule has 0 bridgehead atoms. The molecule has 8 heteroatoms. The third-order valence-corrected chi connectivity index (χ3v) is 6.66. The van der Waals surface area contributed by atoms with Gasteiger partial charge in [-0.05, 0) is 88.7 Å². The molecular formula is C26H19BrFN3O2S. The van der Waals surface area contributed by atoms with Crippen molar-refractivity contribution < 1.29 is 13.9 Å². The largest absolute Gasteiger partial charge is 0.488 e. The zero-order chi connectivity index (χ0) is 24.1.